The number of hydrogen-bond donors (Lipinski definition) is 2. The Balaban J connectivity index is 1.69. The van der Waals surface area contributed by atoms with Gasteiger partial charge >= 0.3 is 5.69 Å². The van der Waals surface area contributed by atoms with E-state index in [-0.39, 0.29) is 5.69 Å². The second kappa shape index (κ2) is 4.61. The Morgan fingerprint density at radius 3 is 3.22 bits per heavy atom. The van der Waals surface area contributed by atoms with Crippen LogP contribution in [-0.2, 0) is 0 Å². The van der Waals surface area contributed by atoms with Crippen LogP contribution >= 0.6 is 11.6 Å². The number of aromatic nitrogens is 4. The van der Waals surface area contributed by atoms with Gasteiger partial charge < -0.3 is 5.32 Å². The summed E-state index contributed by atoms with van der Waals surface area (Å²) in [7, 11) is 0. The zero-order valence-electron chi connectivity index (χ0n) is 9.77. The van der Waals surface area contributed by atoms with E-state index in [4.69, 9.17) is 11.6 Å². The highest BCUT2D eigenvalue weighted by atomic mass is 35.5. The Morgan fingerprint density at radius 1 is 1.56 bits per heavy atom. The molecule has 1 aliphatic carbocycles. The lowest BCUT2D eigenvalue weighted by molar-refractivity contribution is 0.579. The van der Waals surface area contributed by atoms with Crippen LogP contribution in [0.15, 0.2) is 17.2 Å². The molecular weight excluding hydrogens is 254 g/mol. The minimum Gasteiger partial charge on any atom is -0.370 e. The van der Waals surface area contributed by atoms with Gasteiger partial charge in [0.25, 0.3) is 0 Å². The van der Waals surface area contributed by atoms with Crippen LogP contribution in [0.25, 0.3) is 5.65 Å². The maximum atomic E-state index is 11.3. The molecule has 0 aliphatic heterocycles. The van der Waals surface area contributed by atoms with Crippen LogP contribution in [0.1, 0.15) is 19.3 Å². The molecule has 2 atom stereocenters. The summed E-state index contributed by atoms with van der Waals surface area (Å²) in [5, 5.41) is 9.86. The summed E-state index contributed by atoms with van der Waals surface area (Å²) in [5.41, 5.74) is 0.295. The molecule has 0 radical (unpaired) electrons. The van der Waals surface area contributed by atoms with Crippen LogP contribution in [0, 0.1) is 5.92 Å². The summed E-state index contributed by atoms with van der Waals surface area (Å²) < 4.78 is 1.37. The standard InChI is InChI=1S/C11H14ClN5O/c12-8-2-1-7(3-8)5-13-9-4-10-15-16-11(18)17(10)6-14-9/h4,6-8,13H,1-3,5H2,(H,16,18). The number of anilines is 1. The van der Waals surface area contributed by atoms with Gasteiger partial charge in [-0.15, -0.1) is 11.6 Å². The fourth-order valence-electron chi connectivity index (χ4n) is 2.35. The molecule has 0 spiro atoms. The zero-order chi connectivity index (χ0) is 12.5. The van der Waals surface area contributed by atoms with Crippen LogP contribution in [0.2, 0.25) is 0 Å². The first kappa shape index (κ1) is 11.5. The molecule has 0 aromatic carbocycles. The average Bonchev–Trinajstić information content (AvgIpc) is 2.94. The van der Waals surface area contributed by atoms with Crippen molar-refractivity contribution in [2.75, 3.05) is 11.9 Å². The van der Waals surface area contributed by atoms with Crippen molar-refractivity contribution in [2.24, 2.45) is 5.92 Å². The van der Waals surface area contributed by atoms with E-state index in [0.717, 1.165) is 31.6 Å². The largest absolute Gasteiger partial charge is 0.370 e. The molecule has 0 saturated heterocycles. The van der Waals surface area contributed by atoms with Gasteiger partial charge in [-0.25, -0.2) is 19.3 Å². The van der Waals surface area contributed by atoms with Gasteiger partial charge in [0.05, 0.1) is 0 Å². The third-order valence-corrected chi connectivity index (χ3v) is 3.76. The van der Waals surface area contributed by atoms with Gasteiger partial charge in [0, 0.05) is 18.0 Å². The number of halogens is 1. The highest BCUT2D eigenvalue weighted by Crippen LogP contribution is 2.29. The third kappa shape index (κ3) is 2.20. The summed E-state index contributed by atoms with van der Waals surface area (Å²) in [6.45, 7) is 0.862. The second-order valence-corrected chi connectivity index (χ2v) is 5.31. The van der Waals surface area contributed by atoms with Crippen molar-refractivity contribution in [1.82, 2.24) is 19.6 Å². The fraction of sp³-hybridized carbons (Fsp3) is 0.545. The number of H-pyrrole nitrogens is 1. The Bertz CT molecular complexity index is 607. The number of nitrogens with zero attached hydrogens (tertiary/aromatic N) is 3. The van der Waals surface area contributed by atoms with Crippen molar-refractivity contribution in [3.8, 4) is 0 Å². The molecule has 2 heterocycles. The Hall–Kier alpha value is -1.56. The zero-order valence-corrected chi connectivity index (χ0v) is 10.5. The highest BCUT2D eigenvalue weighted by Gasteiger charge is 2.22. The lowest BCUT2D eigenvalue weighted by atomic mass is 10.1. The van der Waals surface area contributed by atoms with E-state index in [1.165, 1.54) is 10.7 Å². The van der Waals surface area contributed by atoms with E-state index in [0.29, 0.717) is 16.9 Å². The Kier molecular flexibility index (Phi) is 2.95. The molecule has 2 unspecified atom stereocenters. The van der Waals surface area contributed by atoms with Crippen LogP contribution in [0.4, 0.5) is 5.82 Å². The molecule has 3 rings (SSSR count). The molecule has 1 aliphatic rings. The quantitative estimate of drug-likeness (QED) is 0.821. The monoisotopic (exact) mass is 267 g/mol. The molecule has 7 heteroatoms. The fourth-order valence-corrected chi connectivity index (χ4v) is 2.73. The molecule has 1 saturated carbocycles. The first-order valence-corrected chi connectivity index (χ1v) is 6.47. The molecule has 2 N–H and O–H groups in total. The number of nitrogens with one attached hydrogen (secondary N) is 2. The third-order valence-electron chi connectivity index (χ3n) is 3.36. The summed E-state index contributed by atoms with van der Waals surface area (Å²) in [6, 6.07) is 1.75. The lowest BCUT2D eigenvalue weighted by Gasteiger charge is -2.10. The number of alkyl halides is 1. The number of fused-ring (bicyclic) bond motifs is 1. The molecule has 96 valence electrons. The van der Waals surface area contributed by atoms with Gasteiger partial charge in [-0.05, 0) is 25.2 Å². The SMILES string of the molecule is O=c1[nH]nc2cc(NCC3CCC(Cl)C3)ncn12. The number of rotatable bonds is 3. The van der Waals surface area contributed by atoms with Crippen LogP contribution in [0.5, 0.6) is 0 Å². The molecule has 1 fully saturated rings. The maximum Gasteiger partial charge on any atom is 0.348 e. The Labute approximate surface area is 108 Å². The van der Waals surface area contributed by atoms with Crippen LogP contribution in [-0.4, -0.2) is 31.5 Å². The van der Waals surface area contributed by atoms with Gasteiger partial charge in [-0.1, -0.05) is 0 Å². The molecule has 6 nitrogen and oxygen atoms in total. The predicted octanol–water partition coefficient (Wildman–Crippen LogP) is 1.24. The number of aromatic amines is 1. The van der Waals surface area contributed by atoms with E-state index in [9.17, 15) is 4.79 Å². The predicted molar refractivity (Wildman–Crippen MR) is 69.1 cm³/mol. The summed E-state index contributed by atoms with van der Waals surface area (Å²) >= 11 is 6.07. The molecule has 0 amide bonds. The molecular formula is C11H14ClN5O. The van der Waals surface area contributed by atoms with E-state index in [1.807, 2.05) is 0 Å². The van der Waals surface area contributed by atoms with Gasteiger partial charge in [-0.2, -0.15) is 5.10 Å². The van der Waals surface area contributed by atoms with Crippen molar-refractivity contribution >= 4 is 23.1 Å². The second-order valence-electron chi connectivity index (χ2n) is 4.69. The average molecular weight is 268 g/mol. The molecule has 2 aromatic rings. The minimum absolute atomic E-state index is 0.273. The van der Waals surface area contributed by atoms with Crippen LogP contribution in [0.3, 0.4) is 0 Å². The van der Waals surface area contributed by atoms with Crippen molar-refractivity contribution in [1.29, 1.82) is 0 Å². The summed E-state index contributed by atoms with van der Waals surface area (Å²) in [4.78, 5) is 15.4. The van der Waals surface area contributed by atoms with Crippen LogP contribution < -0.4 is 11.0 Å². The maximum absolute atomic E-state index is 11.3. The van der Waals surface area contributed by atoms with Gasteiger partial charge in [0.15, 0.2) is 5.65 Å². The van der Waals surface area contributed by atoms with E-state index < -0.39 is 0 Å². The molecule has 0 bridgehead atoms. The van der Waals surface area contributed by atoms with Gasteiger partial charge in [0.2, 0.25) is 0 Å². The molecule has 18 heavy (non-hydrogen) atoms. The number of hydrogen-bond acceptors (Lipinski definition) is 4. The summed E-state index contributed by atoms with van der Waals surface area (Å²) in [5.74, 6) is 1.34. The smallest absolute Gasteiger partial charge is 0.348 e. The van der Waals surface area contributed by atoms with E-state index >= 15 is 0 Å². The Morgan fingerprint density at radius 2 is 2.44 bits per heavy atom. The van der Waals surface area contributed by atoms with Crippen molar-refractivity contribution in [3.05, 3.63) is 22.9 Å². The normalized spacial score (nSPS) is 23.6. The van der Waals surface area contributed by atoms with E-state index in [1.54, 1.807) is 6.07 Å². The van der Waals surface area contributed by atoms with Gasteiger partial charge in [-0.3, -0.25) is 0 Å². The minimum atomic E-state index is -0.273. The van der Waals surface area contributed by atoms with Crippen molar-refractivity contribution < 1.29 is 0 Å². The summed E-state index contributed by atoms with van der Waals surface area (Å²) in [6.07, 6.45) is 4.78. The lowest BCUT2D eigenvalue weighted by Crippen LogP contribution is -2.14. The highest BCUT2D eigenvalue weighted by molar-refractivity contribution is 6.20. The topological polar surface area (TPSA) is 75.1 Å². The van der Waals surface area contributed by atoms with Crippen molar-refractivity contribution in [3.63, 3.8) is 0 Å². The van der Waals surface area contributed by atoms with Gasteiger partial charge in [0.1, 0.15) is 12.1 Å². The van der Waals surface area contributed by atoms with E-state index in [2.05, 4.69) is 20.5 Å². The van der Waals surface area contributed by atoms with Crippen molar-refractivity contribution in [2.45, 2.75) is 24.6 Å². The first-order chi connectivity index (χ1) is 8.72. The molecule has 2 aromatic heterocycles. The first-order valence-electron chi connectivity index (χ1n) is 6.03.